The topological polar surface area (TPSA) is 9.23 Å². The van der Waals surface area contributed by atoms with Crippen molar-refractivity contribution in [3.8, 4) is 5.75 Å². The van der Waals surface area contributed by atoms with E-state index in [1.807, 2.05) is 12.1 Å². The van der Waals surface area contributed by atoms with Crippen LogP contribution < -0.4 is 4.74 Å². The van der Waals surface area contributed by atoms with E-state index >= 15 is 0 Å². The molecule has 30 heavy (non-hydrogen) atoms. The molecule has 0 amide bonds. The number of hydrogen-bond donors (Lipinski definition) is 0. The first-order valence-corrected chi connectivity index (χ1v) is 12.8. The SMILES string of the molecule is CCCCOc1ccc(CCC2=CCC([C@H]3CC[C@H](CCCC)CC3)CC2)cc1F. The Morgan fingerprint density at radius 3 is 2.40 bits per heavy atom. The molecule has 0 N–H and O–H groups in total. The molecule has 0 saturated heterocycles. The standard InChI is InChI=1S/C28H43FO/c1-3-5-7-22-10-15-25(16-11-22)26-17-12-23(13-18-26)8-9-24-14-19-28(27(29)21-24)30-20-6-4-2/h12,14,19,21-22,25-26H,3-11,13,15-18,20H2,1-2H3/t22-,25-,26?. The van der Waals surface area contributed by atoms with Gasteiger partial charge in [-0.05, 0) is 86.8 Å². The van der Waals surface area contributed by atoms with Crippen LogP contribution in [0.2, 0.25) is 0 Å². The highest BCUT2D eigenvalue weighted by Crippen LogP contribution is 2.41. The summed E-state index contributed by atoms with van der Waals surface area (Å²) in [5.74, 6) is 3.08. The molecule has 0 heterocycles. The average Bonchev–Trinajstić information content (AvgIpc) is 2.78. The number of hydrogen-bond acceptors (Lipinski definition) is 1. The molecule has 0 bridgehead atoms. The van der Waals surface area contributed by atoms with Gasteiger partial charge in [0.15, 0.2) is 11.6 Å². The summed E-state index contributed by atoms with van der Waals surface area (Å²) >= 11 is 0. The fourth-order valence-corrected chi connectivity index (χ4v) is 5.45. The maximum absolute atomic E-state index is 14.3. The van der Waals surface area contributed by atoms with Crippen molar-refractivity contribution in [3.05, 3.63) is 41.2 Å². The Balaban J connectivity index is 1.40. The van der Waals surface area contributed by atoms with Crippen LogP contribution in [0.3, 0.4) is 0 Å². The van der Waals surface area contributed by atoms with E-state index in [1.165, 1.54) is 64.2 Å². The third-order valence-electron chi connectivity index (χ3n) is 7.56. The molecule has 2 aliphatic rings. The van der Waals surface area contributed by atoms with Crippen molar-refractivity contribution in [1.82, 2.24) is 0 Å². The summed E-state index contributed by atoms with van der Waals surface area (Å²) in [4.78, 5) is 0. The molecule has 0 spiro atoms. The fraction of sp³-hybridized carbons (Fsp3) is 0.714. The molecule has 168 valence electrons. The van der Waals surface area contributed by atoms with Gasteiger partial charge in [-0.1, -0.05) is 70.1 Å². The largest absolute Gasteiger partial charge is 0.491 e. The number of rotatable bonds is 11. The molecular weight excluding hydrogens is 371 g/mol. The fourth-order valence-electron chi connectivity index (χ4n) is 5.45. The Morgan fingerprint density at radius 2 is 1.73 bits per heavy atom. The first-order chi connectivity index (χ1) is 14.7. The van der Waals surface area contributed by atoms with Gasteiger partial charge >= 0.3 is 0 Å². The second-order valence-corrected chi connectivity index (χ2v) is 9.79. The second-order valence-electron chi connectivity index (χ2n) is 9.79. The van der Waals surface area contributed by atoms with Crippen molar-refractivity contribution < 1.29 is 9.13 Å². The molecule has 1 fully saturated rings. The van der Waals surface area contributed by atoms with Gasteiger partial charge in [-0.15, -0.1) is 0 Å². The van der Waals surface area contributed by atoms with Crippen LogP contribution in [0.1, 0.15) is 103 Å². The van der Waals surface area contributed by atoms with Gasteiger partial charge in [0.1, 0.15) is 0 Å². The Labute approximate surface area is 184 Å². The lowest BCUT2D eigenvalue weighted by Crippen LogP contribution is -2.23. The van der Waals surface area contributed by atoms with Crippen molar-refractivity contribution in [2.75, 3.05) is 6.61 Å². The van der Waals surface area contributed by atoms with Gasteiger partial charge in [0.25, 0.3) is 0 Å². The van der Waals surface area contributed by atoms with Crippen molar-refractivity contribution in [2.45, 2.75) is 104 Å². The first-order valence-electron chi connectivity index (χ1n) is 12.8. The summed E-state index contributed by atoms with van der Waals surface area (Å²) in [6.07, 6.45) is 20.6. The molecular formula is C28H43FO. The highest BCUT2D eigenvalue weighted by atomic mass is 19.1. The van der Waals surface area contributed by atoms with Crippen LogP contribution in [0.5, 0.6) is 5.75 Å². The zero-order valence-electron chi connectivity index (χ0n) is 19.4. The monoisotopic (exact) mass is 414 g/mol. The van der Waals surface area contributed by atoms with E-state index in [4.69, 9.17) is 4.74 Å². The summed E-state index contributed by atoms with van der Waals surface area (Å²) in [5, 5.41) is 0. The predicted octanol–water partition coefficient (Wildman–Crippen LogP) is 8.66. The Kier molecular flexibility index (Phi) is 9.75. The first kappa shape index (κ1) is 23.4. The van der Waals surface area contributed by atoms with E-state index < -0.39 is 0 Å². The van der Waals surface area contributed by atoms with E-state index in [9.17, 15) is 4.39 Å². The smallest absolute Gasteiger partial charge is 0.165 e. The maximum atomic E-state index is 14.3. The minimum absolute atomic E-state index is 0.212. The molecule has 1 nitrogen and oxygen atoms in total. The lowest BCUT2D eigenvalue weighted by Gasteiger charge is -2.35. The normalized spacial score (nSPS) is 24.5. The average molecular weight is 415 g/mol. The Hall–Kier alpha value is -1.31. The molecule has 1 atom stereocenters. The van der Waals surface area contributed by atoms with E-state index in [0.29, 0.717) is 12.4 Å². The zero-order chi connectivity index (χ0) is 21.2. The van der Waals surface area contributed by atoms with Crippen molar-refractivity contribution in [2.24, 2.45) is 17.8 Å². The second kappa shape index (κ2) is 12.5. The highest BCUT2D eigenvalue weighted by Gasteiger charge is 2.28. The molecule has 0 aromatic heterocycles. The van der Waals surface area contributed by atoms with Gasteiger partial charge in [0, 0.05) is 0 Å². The Morgan fingerprint density at radius 1 is 0.933 bits per heavy atom. The quantitative estimate of drug-likeness (QED) is 0.260. The lowest BCUT2D eigenvalue weighted by molar-refractivity contribution is 0.185. The molecule has 3 rings (SSSR count). The molecule has 1 unspecified atom stereocenters. The highest BCUT2D eigenvalue weighted by molar-refractivity contribution is 5.30. The Bertz CT molecular complexity index is 657. The summed E-state index contributed by atoms with van der Waals surface area (Å²) in [6.45, 7) is 5.03. The van der Waals surface area contributed by atoms with Crippen molar-refractivity contribution in [1.29, 1.82) is 0 Å². The molecule has 1 saturated carbocycles. The van der Waals surface area contributed by atoms with Crippen molar-refractivity contribution >= 4 is 0 Å². The molecule has 2 heteroatoms. The third-order valence-corrected chi connectivity index (χ3v) is 7.56. The number of unbranched alkanes of at least 4 members (excludes halogenated alkanes) is 2. The molecule has 0 aliphatic heterocycles. The lowest BCUT2D eigenvalue weighted by atomic mass is 9.70. The molecule has 1 aromatic rings. The van der Waals surface area contributed by atoms with Gasteiger partial charge < -0.3 is 4.74 Å². The van der Waals surface area contributed by atoms with Crippen LogP contribution in [0.25, 0.3) is 0 Å². The van der Waals surface area contributed by atoms with Crippen LogP contribution in [0.4, 0.5) is 4.39 Å². The molecule has 2 aliphatic carbocycles. The zero-order valence-corrected chi connectivity index (χ0v) is 19.4. The van der Waals surface area contributed by atoms with E-state index in [1.54, 1.807) is 11.6 Å². The van der Waals surface area contributed by atoms with Crippen molar-refractivity contribution in [3.63, 3.8) is 0 Å². The van der Waals surface area contributed by atoms with E-state index in [2.05, 4.69) is 19.9 Å². The molecule has 0 radical (unpaired) electrons. The maximum Gasteiger partial charge on any atom is 0.165 e. The number of aryl methyl sites for hydroxylation is 1. The van der Waals surface area contributed by atoms with E-state index in [-0.39, 0.29) is 5.82 Å². The van der Waals surface area contributed by atoms with Gasteiger partial charge in [0.05, 0.1) is 6.61 Å². The summed E-state index contributed by atoms with van der Waals surface area (Å²) in [5.41, 5.74) is 2.68. The minimum atomic E-state index is -0.212. The third kappa shape index (κ3) is 7.13. The van der Waals surface area contributed by atoms with Crippen LogP contribution in [0, 0.1) is 23.6 Å². The van der Waals surface area contributed by atoms with Crippen LogP contribution in [-0.2, 0) is 6.42 Å². The van der Waals surface area contributed by atoms with E-state index in [0.717, 1.165) is 49.0 Å². The predicted molar refractivity (Wildman–Crippen MR) is 126 cm³/mol. The van der Waals surface area contributed by atoms with Crippen LogP contribution >= 0.6 is 0 Å². The van der Waals surface area contributed by atoms with Gasteiger partial charge in [-0.25, -0.2) is 4.39 Å². The van der Waals surface area contributed by atoms with Crippen LogP contribution in [0.15, 0.2) is 29.8 Å². The summed E-state index contributed by atoms with van der Waals surface area (Å²) in [6, 6.07) is 5.51. The summed E-state index contributed by atoms with van der Waals surface area (Å²) in [7, 11) is 0. The van der Waals surface area contributed by atoms with Gasteiger partial charge in [-0.2, -0.15) is 0 Å². The van der Waals surface area contributed by atoms with Gasteiger partial charge in [0.2, 0.25) is 0 Å². The number of ether oxygens (including phenoxy) is 1. The minimum Gasteiger partial charge on any atom is -0.491 e. The van der Waals surface area contributed by atoms with Crippen LogP contribution in [-0.4, -0.2) is 6.61 Å². The number of allylic oxidation sites excluding steroid dienone is 2. The number of benzene rings is 1. The molecule has 1 aromatic carbocycles. The summed E-state index contributed by atoms with van der Waals surface area (Å²) < 4.78 is 19.8. The van der Waals surface area contributed by atoms with Gasteiger partial charge in [-0.3, -0.25) is 0 Å². The number of halogens is 1.